The molecule has 0 aliphatic carbocycles. The van der Waals surface area contributed by atoms with Gasteiger partial charge in [0.25, 0.3) is 0 Å². The van der Waals surface area contributed by atoms with Crippen molar-refractivity contribution < 1.29 is 9.59 Å². The maximum absolute atomic E-state index is 12.8. The Labute approximate surface area is 191 Å². The summed E-state index contributed by atoms with van der Waals surface area (Å²) in [5, 5.41) is 3.01. The zero-order chi connectivity index (χ0) is 22.5. The molecule has 2 unspecified atom stereocenters. The maximum atomic E-state index is 12.8. The normalized spacial score (nSPS) is 21.0. The van der Waals surface area contributed by atoms with Gasteiger partial charge in [-0.3, -0.25) is 9.59 Å². The van der Waals surface area contributed by atoms with Gasteiger partial charge >= 0.3 is 0 Å². The van der Waals surface area contributed by atoms with Crippen LogP contribution in [0.2, 0.25) is 0 Å². The summed E-state index contributed by atoms with van der Waals surface area (Å²) in [5.41, 5.74) is 3.16. The van der Waals surface area contributed by atoms with E-state index in [4.69, 9.17) is 0 Å². The number of piperazine rings is 1. The van der Waals surface area contributed by atoms with Crippen LogP contribution < -0.4 is 5.32 Å². The fourth-order valence-corrected chi connectivity index (χ4v) is 4.55. The smallest absolute Gasteiger partial charge is 0.229 e. The summed E-state index contributed by atoms with van der Waals surface area (Å²) in [6.45, 7) is 8.08. The van der Waals surface area contributed by atoms with E-state index in [2.05, 4.69) is 34.3 Å². The molecule has 0 radical (unpaired) electrons. The molecule has 2 saturated heterocycles. The van der Waals surface area contributed by atoms with Crippen LogP contribution in [0.15, 0.2) is 54.6 Å². The summed E-state index contributed by atoms with van der Waals surface area (Å²) < 4.78 is 0. The number of amides is 2. The standard InChI is InChI=1S/C26H34N4O2/c1-20(22-6-4-3-5-7-22)30-19-23(18-25(30)31)26(32)27-24-10-8-21(9-11-24)12-13-29-16-14-28(2)15-17-29/h3-11,20,23H,12-19H2,1-2H3,(H,27,32). The number of carbonyl (C=O) groups excluding carboxylic acids is 2. The number of benzene rings is 2. The Hall–Kier alpha value is -2.70. The van der Waals surface area contributed by atoms with Gasteiger partial charge in [0.05, 0.1) is 12.0 Å². The van der Waals surface area contributed by atoms with Crippen LogP contribution in [0.1, 0.15) is 30.5 Å². The molecule has 4 rings (SSSR count). The first kappa shape index (κ1) is 22.5. The number of hydrogen-bond donors (Lipinski definition) is 1. The molecule has 2 aromatic carbocycles. The minimum atomic E-state index is -0.314. The van der Waals surface area contributed by atoms with Crippen molar-refractivity contribution >= 4 is 17.5 Å². The van der Waals surface area contributed by atoms with Gasteiger partial charge in [-0.05, 0) is 43.7 Å². The predicted molar refractivity (Wildman–Crippen MR) is 127 cm³/mol. The molecule has 2 fully saturated rings. The topological polar surface area (TPSA) is 55.9 Å². The molecule has 0 aromatic heterocycles. The van der Waals surface area contributed by atoms with E-state index in [1.54, 1.807) is 0 Å². The summed E-state index contributed by atoms with van der Waals surface area (Å²) in [5.74, 6) is -0.349. The Bertz CT molecular complexity index is 907. The van der Waals surface area contributed by atoms with Gasteiger partial charge in [0.15, 0.2) is 0 Å². The molecule has 2 atom stereocenters. The second-order valence-corrected chi connectivity index (χ2v) is 9.11. The van der Waals surface area contributed by atoms with Crippen molar-refractivity contribution in [2.75, 3.05) is 51.6 Å². The van der Waals surface area contributed by atoms with E-state index in [1.165, 1.54) is 5.56 Å². The molecule has 6 nitrogen and oxygen atoms in total. The molecular weight excluding hydrogens is 400 g/mol. The van der Waals surface area contributed by atoms with E-state index in [0.29, 0.717) is 6.54 Å². The molecule has 6 heteroatoms. The zero-order valence-electron chi connectivity index (χ0n) is 19.2. The molecule has 0 spiro atoms. The van der Waals surface area contributed by atoms with Crippen molar-refractivity contribution in [1.82, 2.24) is 14.7 Å². The van der Waals surface area contributed by atoms with E-state index in [9.17, 15) is 9.59 Å². The SMILES string of the molecule is CC(c1ccccc1)N1CC(C(=O)Nc2ccc(CCN3CCN(C)CC3)cc2)CC1=O. The summed E-state index contributed by atoms with van der Waals surface area (Å²) >= 11 is 0. The van der Waals surface area contributed by atoms with Gasteiger partial charge in [0.2, 0.25) is 11.8 Å². The Kier molecular flexibility index (Phi) is 7.22. The highest BCUT2D eigenvalue weighted by atomic mass is 16.2. The van der Waals surface area contributed by atoms with Gasteiger partial charge in [0, 0.05) is 51.4 Å². The average molecular weight is 435 g/mol. The second-order valence-electron chi connectivity index (χ2n) is 9.11. The molecule has 0 bridgehead atoms. The second kappa shape index (κ2) is 10.3. The summed E-state index contributed by atoms with van der Waals surface area (Å²) in [7, 11) is 2.17. The molecule has 32 heavy (non-hydrogen) atoms. The Morgan fingerprint density at radius 2 is 1.72 bits per heavy atom. The van der Waals surface area contributed by atoms with Crippen LogP contribution in [0.5, 0.6) is 0 Å². The number of rotatable bonds is 7. The molecule has 1 N–H and O–H groups in total. The Balaban J connectivity index is 1.27. The van der Waals surface area contributed by atoms with Crippen LogP contribution in [0.3, 0.4) is 0 Å². The monoisotopic (exact) mass is 434 g/mol. The van der Waals surface area contributed by atoms with Crippen LogP contribution in [0.25, 0.3) is 0 Å². The highest BCUT2D eigenvalue weighted by molar-refractivity contribution is 5.97. The minimum absolute atomic E-state index is 0.0268. The summed E-state index contributed by atoms with van der Waals surface area (Å²) in [6, 6.07) is 18.1. The first-order chi connectivity index (χ1) is 15.5. The van der Waals surface area contributed by atoms with E-state index in [1.807, 2.05) is 54.3 Å². The number of likely N-dealkylation sites (N-methyl/N-ethyl adjacent to an activating group) is 1. The first-order valence-corrected chi connectivity index (χ1v) is 11.6. The van der Waals surface area contributed by atoms with Crippen molar-refractivity contribution in [1.29, 1.82) is 0 Å². The fourth-order valence-electron chi connectivity index (χ4n) is 4.55. The number of nitrogens with one attached hydrogen (secondary N) is 1. The van der Waals surface area contributed by atoms with Crippen molar-refractivity contribution in [2.45, 2.75) is 25.8 Å². The lowest BCUT2D eigenvalue weighted by Crippen LogP contribution is -2.45. The van der Waals surface area contributed by atoms with Crippen molar-refractivity contribution in [3.8, 4) is 0 Å². The van der Waals surface area contributed by atoms with Crippen LogP contribution in [-0.4, -0.2) is 72.8 Å². The molecule has 170 valence electrons. The maximum Gasteiger partial charge on any atom is 0.229 e. The molecule has 2 amide bonds. The van der Waals surface area contributed by atoms with E-state index < -0.39 is 0 Å². The third-order valence-electron chi connectivity index (χ3n) is 6.81. The lowest BCUT2D eigenvalue weighted by molar-refractivity contribution is -0.129. The fraction of sp³-hybridized carbons (Fsp3) is 0.462. The third kappa shape index (κ3) is 5.56. The number of nitrogens with zero attached hydrogens (tertiary/aromatic N) is 3. The number of carbonyl (C=O) groups is 2. The van der Waals surface area contributed by atoms with E-state index in [0.717, 1.165) is 50.4 Å². The minimum Gasteiger partial charge on any atom is -0.335 e. The highest BCUT2D eigenvalue weighted by Gasteiger charge is 2.37. The quantitative estimate of drug-likeness (QED) is 0.728. The van der Waals surface area contributed by atoms with Gasteiger partial charge in [-0.2, -0.15) is 0 Å². The van der Waals surface area contributed by atoms with Crippen molar-refractivity contribution in [3.05, 3.63) is 65.7 Å². The number of hydrogen-bond acceptors (Lipinski definition) is 4. The van der Waals surface area contributed by atoms with Gasteiger partial charge in [0.1, 0.15) is 0 Å². The molecule has 0 saturated carbocycles. The number of anilines is 1. The van der Waals surface area contributed by atoms with E-state index in [-0.39, 0.29) is 30.2 Å². The van der Waals surface area contributed by atoms with Crippen molar-refractivity contribution in [2.24, 2.45) is 5.92 Å². The highest BCUT2D eigenvalue weighted by Crippen LogP contribution is 2.29. The van der Waals surface area contributed by atoms with Crippen molar-refractivity contribution in [3.63, 3.8) is 0 Å². The lowest BCUT2D eigenvalue weighted by atomic mass is 10.1. The van der Waals surface area contributed by atoms with E-state index >= 15 is 0 Å². The first-order valence-electron chi connectivity index (χ1n) is 11.6. The van der Waals surface area contributed by atoms with Crippen LogP contribution in [-0.2, 0) is 16.0 Å². The largest absolute Gasteiger partial charge is 0.335 e. The van der Waals surface area contributed by atoms with Gasteiger partial charge in [-0.25, -0.2) is 0 Å². The Morgan fingerprint density at radius 1 is 1.03 bits per heavy atom. The van der Waals surface area contributed by atoms with Crippen LogP contribution >= 0.6 is 0 Å². The van der Waals surface area contributed by atoms with Crippen LogP contribution in [0.4, 0.5) is 5.69 Å². The Morgan fingerprint density at radius 3 is 2.41 bits per heavy atom. The zero-order valence-corrected chi connectivity index (χ0v) is 19.2. The third-order valence-corrected chi connectivity index (χ3v) is 6.81. The van der Waals surface area contributed by atoms with Gasteiger partial charge in [-0.15, -0.1) is 0 Å². The predicted octanol–water partition coefficient (Wildman–Crippen LogP) is 3.02. The molecule has 2 heterocycles. The number of likely N-dealkylation sites (tertiary alicyclic amines) is 1. The van der Waals surface area contributed by atoms with Crippen LogP contribution in [0, 0.1) is 5.92 Å². The lowest BCUT2D eigenvalue weighted by Gasteiger charge is -2.32. The summed E-state index contributed by atoms with van der Waals surface area (Å²) in [6.07, 6.45) is 1.29. The van der Waals surface area contributed by atoms with Gasteiger partial charge < -0.3 is 20.0 Å². The molecule has 2 aliphatic rings. The van der Waals surface area contributed by atoms with Gasteiger partial charge in [-0.1, -0.05) is 42.5 Å². The molecule has 2 aliphatic heterocycles. The average Bonchev–Trinajstić information content (AvgIpc) is 3.21. The molecule has 2 aromatic rings. The molecular formula is C26H34N4O2. The summed E-state index contributed by atoms with van der Waals surface area (Å²) in [4.78, 5) is 32.1.